The van der Waals surface area contributed by atoms with Gasteiger partial charge in [-0.3, -0.25) is 4.79 Å². The van der Waals surface area contributed by atoms with Crippen LogP contribution in [0.4, 0.5) is 0 Å². The predicted molar refractivity (Wildman–Crippen MR) is 93.5 cm³/mol. The number of β-amino-alcohol motifs (C(OH)–C–C–N with tert-alkyl or cyclic N) is 1. The van der Waals surface area contributed by atoms with Crippen molar-refractivity contribution in [1.82, 2.24) is 9.88 Å². The Kier molecular flexibility index (Phi) is 3.75. The molecule has 1 aliphatic rings. The molecule has 4 heteroatoms. The van der Waals surface area contributed by atoms with Gasteiger partial charge in [0.1, 0.15) is 0 Å². The molecule has 2 heterocycles. The van der Waals surface area contributed by atoms with E-state index in [1.165, 1.54) is 0 Å². The molecule has 1 fully saturated rings. The van der Waals surface area contributed by atoms with Crippen LogP contribution in [0, 0.1) is 0 Å². The number of aliphatic hydroxyl groups excluding tert-OH is 1. The molecule has 0 unspecified atom stereocenters. The Morgan fingerprint density at radius 2 is 1.88 bits per heavy atom. The molecule has 120 valence electrons. The Labute approximate surface area is 140 Å². The molecule has 0 saturated carbocycles. The van der Waals surface area contributed by atoms with Gasteiger partial charge >= 0.3 is 0 Å². The molecule has 4 nitrogen and oxygen atoms in total. The minimum atomic E-state index is -0.355. The summed E-state index contributed by atoms with van der Waals surface area (Å²) >= 11 is 0. The Morgan fingerprint density at radius 1 is 1.08 bits per heavy atom. The number of aromatic nitrogens is 1. The van der Waals surface area contributed by atoms with E-state index >= 15 is 0 Å². The molecular weight excluding hydrogens is 300 g/mol. The Hall–Kier alpha value is -2.72. The van der Waals surface area contributed by atoms with E-state index in [1.807, 2.05) is 60.7 Å². The van der Waals surface area contributed by atoms with E-state index in [0.717, 1.165) is 27.7 Å². The first-order valence-electron chi connectivity index (χ1n) is 8.10. The summed E-state index contributed by atoms with van der Waals surface area (Å²) in [6.07, 6.45) is 0.00878. The predicted octanol–water partition coefficient (Wildman–Crippen LogP) is 2.65. The van der Waals surface area contributed by atoms with Gasteiger partial charge in [-0.2, -0.15) is 0 Å². The van der Waals surface area contributed by atoms with E-state index in [4.69, 9.17) is 4.98 Å². The van der Waals surface area contributed by atoms with Crippen molar-refractivity contribution in [2.75, 3.05) is 13.1 Å². The fraction of sp³-hybridized carbons (Fsp3) is 0.200. The third kappa shape index (κ3) is 2.88. The highest BCUT2D eigenvalue weighted by Crippen LogP contribution is 2.22. The molecular formula is C20H18N2O2. The molecule has 24 heavy (non-hydrogen) atoms. The van der Waals surface area contributed by atoms with Crippen LogP contribution in [-0.4, -0.2) is 40.1 Å². The van der Waals surface area contributed by atoms with E-state index in [-0.39, 0.29) is 12.0 Å². The van der Waals surface area contributed by atoms with Gasteiger partial charge in [-0.25, -0.2) is 4.98 Å². The summed E-state index contributed by atoms with van der Waals surface area (Å²) in [6, 6.07) is 20.1. The first kappa shape index (κ1) is 14.8. The summed E-state index contributed by atoms with van der Waals surface area (Å²) in [5.74, 6) is 0.0634. The summed E-state index contributed by atoms with van der Waals surface area (Å²) in [4.78, 5) is 18.5. The summed E-state index contributed by atoms with van der Waals surface area (Å²) < 4.78 is 0. The summed E-state index contributed by atoms with van der Waals surface area (Å²) in [7, 11) is 0. The van der Waals surface area contributed by atoms with Crippen molar-refractivity contribution in [3.63, 3.8) is 0 Å². The van der Waals surface area contributed by atoms with Gasteiger partial charge in [-0.05, 0) is 23.8 Å². The third-order valence-electron chi connectivity index (χ3n) is 4.39. The second-order valence-electron chi connectivity index (χ2n) is 6.22. The van der Waals surface area contributed by atoms with Gasteiger partial charge in [0.15, 0.2) is 0 Å². The van der Waals surface area contributed by atoms with E-state index in [9.17, 15) is 9.90 Å². The van der Waals surface area contributed by atoms with Gasteiger partial charge in [-0.15, -0.1) is 0 Å². The lowest BCUT2D eigenvalue weighted by Gasteiger charge is -2.35. The molecule has 1 amide bonds. The molecule has 1 N–H and O–H groups in total. The maximum Gasteiger partial charge on any atom is 0.227 e. The van der Waals surface area contributed by atoms with Crippen molar-refractivity contribution < 1.29 is 9.90 Å². The first-order chi connectivity index (χ1) is 11.7. The number of rotatable bonds is 3. The number of likely N-dealkylation sites (tertiary alicyclic amines) is 1. The topological polar surface area (TPSA) is 53.4 Å². The molecule has 0 radical (unpaired) electrons. The number of nitrogens with zero attached hydrogens (tertiary/aromatic N) is 2. The summed E-state index contributed by atoms with van der Waals surface area (Å²) in [5.41, 5.74) is 3.94. The molecule has 3 aromatic rings. The van der Waals surface area contributed by atoms with Crippen molar-refractivity contribution in [2.24, 2.45) is 0 Å². The van der Waals surface area contributed by atoms with Gasteiger partial charge in [0.2, 0.25) is 5.91 Å². The standard InChI is InChI=1S/C20H18N2O2/c23-17-12-22(13-17)20(24)11-14-6-8-19-16(10-14)7-9-18(21-19)15-4-2-1-3-5-15/h1-10,17,23H,11-13H2. The largest absolute Gasteiger partial charge is 0.389 e. The molecule has 0 bridgehead atoms. The molecule has 1 saturated heterocycles. The van der Waals surface area contributed by atoms with Crippen LogP contribution in [0.25, 0.3) is 22.2 Å². The quantitative estimate of drug-likeness (QED) is 0.808. The van der Waals surface area contributed by atoms with Gasteiger partial charge in [0.25, 0.3) is 0 Å². The van der Waals surface area contributed by atoms with Gasteiger partial charge < -0.3 is 10.0 Å². The van der Waals surface area contributed by atoms with Gasteiger partial charge in [0, 0.05) is 24.0 Å². The van der Waals surface area contributed by atoms with Crippen molar-refractivity contribution in [3.05, 3.63) is 66.2 Å². The number of carbonyl (C=O) groups is 1. The SMILES string of the molecule is O=C(Cc1ccc2nc(-c3ccccc3)ccc2c1)N1CC(O)C1. The zero-order valence-electron chi connectivity index (χ0n) is 13.2. The zero-order valence-corrected chi connectivity index (χ0v) is 13.2. The molecule has 0 atom stereocenters. The van der Waals surface area contributed by atoms with Crippen LogP contribution in [0.15, 0.2) is 60.7 Å². The van der Waals surface area contributed by atoms with E-state index in [2.05, 4.69) is 0 Å². The van der Waals surface area contributed by atoms with Crippen LogP contribution >= 0.6 is 0 Å². The van der Waals surface area contributed by atoms with Crippen LogP contribution in [0.2, 0.25) is 0 Å². The molecule has 4 rings (SSSR count). The molecule has 0 spiro atoms. The third-order valence-corrected chi connectivity index (χ3v) is 4.39. The smallest absolute Gasteiger partial charge is 0.227 e. The fourth-order valence-corrected chi connectivity index (χ4v) is 3.00. The number of benzene rings is 2. The molecule has 1 aromatic heterocycles. The van der Waals surface area contributed by atoms with Crippen LogP contribution in [0.5, 0.6) is 0 Å². The van der Waals surface area contributed by atoms with Gasteiger partial charge in [-0.1, -0.05) is 42.5 Å². The maximum atomic E-state index is 12.1. The highest BCUT2D eigenvalue weighted by atomic mass is 16.3. The average Bonchev–Trinajstić information content (AvgIpc) is 2.59. The Balaban J connectivity index is 1.57. The van der Waals surface area contributed by atoms with Crippen LogP contribution in [0.1, 0.15) is 5.56 Å². The van der Waals surface area contributed by atoms with Crippen LogP contribution in [0.3, 0.4) is 0 Å². The van der Waals surface area contributed by atoms with E-state index in [1.54, 1.807) is 4.90 Å². The second-order valence-corrected chi connectivity index (χ2v) is 6.22. The van der Waals surface area contributed by atoms with Crippen molar-refractivity contribution >= 4 is 16.8 Å². The van der Waals surface area contributed by atoms with Gasteiger partial charge in [0.05, 0.1) is 23.7 Å². The number of fused-ring (bicyclic) bond motifs is 1. The fourth-order valence-electron chi connectivity index (χ4n) is 3.00. The lowest BCUT2D eigenvalue weighted by molar-refractivity contribution is -0.140. The lowest BCUT2D eigenvalue weighted by Crippen LogP contribution is -2.53. The number of aliphatic hydroxyl groups is 1. The second kappa shape index (κ2) is 6.06. The van der Waals surface area contributed by atoms with Crippen molar-refractivity contribution in [1.29, 1.82) is 0 Å². The van der Waals surface area contributed by atoms with Crippen molar-refractivity contribution in [3.8, 4) is 11.3 Å². The monoisotopic (exact) mass is 318 g/mol. The highest BCUT2D eigenvalue weighted by Gasteiger charge is 2.28. The maximum absolute atomic E-state index is 12.1. The van der Waals surface area contributed by atoms with E-state index < -0.39 is 0 Å². The number of hydrogen-bond acceptors (Lipinski definition) is 3. The minimum absolute atomic E-state index is 0.0634. The highest BCUT2D eigenvalue weighted by molar-refractivity contribution is 5.85. The normalized spacial score (nSPS) is 14.6. The molecule has 1 aliphatic heterocycles. The number of hydrogen-bond donors (Lipinski definition) is 1. The average molecular weight is 318 g/mol. The minimum Gasteiger partial charge on any atom is -0.389 e. The first-order valence-corrected chi connectivity index (χ1v) is 8.10. The number of carbonyl (C=O) groups excluding carboxylic acids is 1. The Morgan fingerprint density at radius 3 is 2.62 bits per heavy atom. The van der Waals surface area contributed by atoms with Crippen molar-refractivity contribution in [2.45, 2.75) is 12.5 Å². The summed E-state index contributed by atoms with van der Waals surface area (Å²) in [6.45, 7) is 0.906. The zero-order chi connectivity index (χ0) is 16.5. The van der Waals surface area contributed by atoms with E-state index in [0.29, 0.717) is 19.5 Å². The lowest BCUT2D eigenvalue weighted by atomic mass is 10.0. The van der Waals surface area contributed by atoms with Crippen LogP contribution in [-0.2, 0) is 11.2 Å². The number of pyridine rings is 1. The number of amides is 1. The molecule has 2 aromatic carbocycles. The van der Waals surface area contributed by atoms with Crippen LogP contribution < -0.4 is 0 Å². The summed E-state index contributed by atoms with van der Waals surface area (Å²) in [5, 5.41) is 10.3. The molecule has 0 aliphatic carbocycles. The Bertz CT molecular complexity index is 887.